The highest BCUT2D eigenvalue weighted by atomic mass is 79.9. The van der Waals surface area contributed by atoms with Gasteiger partial charge in [0.15, 0.2) is 6.29 Å². The smallest absolute Gasteiger partial charge is 0.261 e. The van der Waals surface area contributed by atoms with Crippen LogP contribution in [0, 0.1) is 11.8 Å². The van der Waals surface area contributed by atoms with Crippen molar-refractivity contribution < 1.29 is 14.4 Å². The summed E-state index contributed by atoms with van der Waals surface area (Å²) in [6.07, 6.45) is 19.3. The molecule has 2 aromatic heterocycles. The third-order valence-electron chi connectivity index (χ3n) is 9.71. The fourth-order valence-corrected chi connectivity index (χ4v) is 9.45. The maximum Gasteiger partial charge on any atom is 0.261 e. The number of carbonyl (C=O) groups is 3. The van der Waals surface area contributed by atoms with Crippen LogP contribution in [-0.2, 0) is 9.59 Å². The highest BCUT2D eigenvalue weighted by molar-refractivity contribution is 9.11. The van der Waals surface area contributed by atoms with Gasteiger partial charge in [-0.1, -0.05) is 105 Å². The predicted molar refractivity (Wildman–Crippen MR) is 203 cm³/mol. The monoisotopic (exact) mass is 742 g/mol. The lowest BCUT2D eigenvalue weighted by molar-refractivity contribution is -0.124. The third kappa shape index (κ3) is 9.57. The van der Waals surface area contributed by atoms with Crippen LogP contribution in [0.25, 0.3) is 11.4 Å². The molecule has 0 fully saturated rings. The molecule has 0 aromatic carbocycles. The third-order valence-corrected chi connectivity index (χ3v) is 12.4. The number of nitrogens with zero attached hydrogens (tertiary/aromatic N) is 2. The summed E-state index contributed by atoms with van der Waals surface area (Å²) in [4.78, 5) is 47.6. The van der Waals surface area contributed by atoms with Crippen molar-refractivity contribution >= 4 is 68.1 Å². The Labute approximate surface area is 300 Å². The Kier molecular flexibility index (Phi) is 15.5. The average molecular weight is 744 g/mol. The molecule has 8 heteroatoms. The number of unbranched alkanes of at least 4 members (excludes halogenated alkanes) is 8. The number of thiophene rings is 2. The van der Waals surface area contributed by atoms with Crippen molar-refractivity contribution in [2.24, 2.45) is 11.8 Å². The first-order valence-electron chi connectivity index (χ1n) is 18.3. The van der Waals surface area contributed by atoms with E-state index < -0.39 is 0 Å². The molecule has 0 saturated heterocycles. The zero-order chi connectivity index (χ0) is 33.8. The minimum atomic E-state index is -0.0606. The van der Waals surface area contributed by atoms with E-state index in [-0.39, 0.29) is 11.8 Å². The summed E-state index contributed by atoms with van der Waals surface area (Å²) in [6.45, 7) is 10.2. The van der Waals surface area contributed by atoms with Gasteiger partial charge in [-0.15, -0.1) is 22.7 Å². The molecule has 2 aliphatic heterocycles. The second-order valence-electron chi connectivity index (χ2n) is 13.4. The molecule has 2 aliphatic rings. The van der Waals surface area contributed by atoms with Gasteiger partial charge in [0.05, 0.1) is 41.0 Å². The zero-order valence-electron chi connectivity index (χ0n) is 29.1. The molecular weight excluding hydrogens is 688 g/mol. The Balaban J connectivity index is 1.79. The van der Waals surface area contributed by atoms with E-state index >= 15 is 0 Å². The van der Waals surface area contributed by atoms with Crippen LogP contribution in [0.15, 0.2) is 39.2 Å². The quantitative estimate of drug-likeness (QED) is 0.0841. The number of halogens is 1. The molecule has 0 aliphatic carbocycles. The lowest BCUT2D eigenvalue weighted by Crippen LogP contribution is -2.34. The van der Waals surface area contributed by atoms with E-state index in [1.807, 2.05) is 34.1 Å². The van der Waals surface area contributed by atoms with Crippen LogP contribution >= 0.6 is 38.6 Å². The summed E-state index contributed by atoms with van der Waals surface area (Å²) in [7, 11) is 0. The molecule has 0 N–H and O–H groups in total. The van der Waals surface area contributed by atoms with Gasteiger partial charge in [-0.2, -0.15) is 0 Å². The van der Waals surface area contributed by atoms with Crippen molar-refractivity contribution in [3.63, 3.8) is 0 Å². The van der Waals surface area contributed by atoms with E-state index in [1.54, 1.807) is 11.3 Å². The van der Waals surface area contributed by atoms with E-state index in [0.717, 1.165) is 83.3 Å². The van der Waals surface area contributed by atoms with Gasteiger partial charge in [0.2, 0.25) is 0 Å². The number of hydrogen-bond donors (Lipinski definition) is 0. The van der Waals surface area contributed by atoms with Gasteiger partial charge < -0.3 is 9.80 Å². The van der Waals surface area contributed by atoms with Gasteiger partial charge in [-0.05, 0) is 77.7 Å². The second kappa shape index (κ2) is 19.2. The van der Waals surface area contributed by atoms with Crippen LogP contribution in [-0.4, -0.2) is 41.0 Å². The maximum absolute atomic E-state index is 14.8. The van der Waals surface area contributed by atoms with Gasteiger partial charge in [0.1, 0.15) is 0 Å². The fourth-order valence-electron chi connectivity index (χ4n) is 7.12. The lowest BCUT2D eigenvalue weighted by Gasteiger charge is -2.29. The summed E-state index contributed by atoms with van der Waals surface area (Å²) in [5.74, 6) is 0.626. The molecule has 0 bridgehead atoms. The van der Waals surface area contributed by atoms with Crippen LogP contribution in [0.4, 0.5) is 0 Å². The van der Waals surface area contributed by atoms with E-state index in [4.69, 9.17) is 0 Å². The molecule has 0 spiro atoms. The number of rotatable bonds is 23. The Morgan fingerprint density at radius 2 is 1.06 bits per heavy atom. The van der Waals surface area contributed by atoms with Crippen molar-refractivity contribution in [1.82, 2.24) is 9.80 Å². The van der Waals surface area contributed by atoms with E-state index in [1.165, 1.54) is 56.3 Å². The SMILES string of the molecule is CCCCCCC(CCCC)CN1C(=O)C2=C(c3ccc(C=O)s3)N(CC(CCCC)CCCCCC)C(=O)C2=C1c1ccc(Br)s1. The molecule has 2 atom stereocenters. The summed E-state index contributed by atoms with van der Waals surface area (Å²) in [6, 6.07) is 7.81. The van der Waals surface area contributed by atoms with Crippen molar-refractivity contribution in [2.45, 2.75) is 130 Å². The Hall–Kier alpha value is -2.03. The van der Waals surface area contributed by atoms with E-state index in [2.05, 4.69) is 43.6 Å². The van der Waals surface area contributed by atoms with Crippen molar-refractivity contribution in [3.8, 4) is 0 Å². The lowest BCUT2D eigenvalue weighted by atomic mass is 9.94. The zero-order valence-corrected chi connectivity index (χ0v) is 32.3. The highest BCUT2D eigenvalue weighted by Gasteiger charge is 2.50. The first-order valence-corrected chi connectivity index (χ1v) is 20.7. The molecule has 2 amide bonds. The molecule has 2 aromatic rings. The van der Waals surface area contributed by atoms with Crippen molar-refractivity contribution in [1.29, 1.82) is 0 Å². The summed E-state index contributed by atoms with van der Waals surface area (Å²) in [5.41, 5.74) is 2.59. The molecule has 2 unspecified atom stereocenters. The molecule has 258 valence electrons. The number of hydrogen-bond acceptors (Lipinski definition) is 5. The van der Waals surface area contributed by atoms with Crippen molar-refractivity contribution in [2.75, 3.05) is 13.1 Å². The molecule has 0 radical (unpaired) electrons. The topological polar surface area (TPSA) is 57.7 Å². The summed E-state index contributed by atoms with van der Waals surface area (Å²) in [5, 5.41) is 0. The Morgan fingerprint density at radius 1 is 0.617 bits per heavy atom. The number of amides is 2. The van der Waals surface area contributed by atoms with E-state index in [9.17, 15) is 14.4 Å². The minimum absolute atomic E-state index is 0.0606. The molecule has 47 heavy (non-hydrogen) atoms. The van der Waals surface area contributed by atoms with Crippen LogP contribution in [0.5, 0.6) is 0 Å². The molecule has 0 saturated carbocycles. The summed E-state index contributed by atoms with van der Waals surface area (Å²) >= 11 is 6.62. The van der Waals surface area contributed by atoms with E-state index in [0.29, 0.717) is 46.6 Å². The fraction of sp³-hybridized carbons (Fsp3) is 0.615. The average Bonchev–Trinajstić information content (AvgIpc) is 3.84. The maximum atomic E-state index is 14.8. The second-order valence-corrected chi connectivity index (χ2v) is 17.0. The normalized spacial score (nSPS) is 16.2. The first kappa shape index (κ1) is 37.8. The van der Waals surface area contributed by atoms with Gasteiger partial charge in [0, 0.05) is 13.1 Å². The molecule has 4 rings (SSSR count). The standard InChI is InChI=1S/C39H55BrN2O3S2/c1-5-9-13-15-19-28(17-11-7-3)25-41-36(31-22-21-30(27-43)46-31)34-35(39(41)45)37(32-23-24-33(40)47-32)42(38(34)44)26-29(18-12-8-4)20-16-14-10-6-2/h21-24,27-29H,5-20,25-26H2,1-4H3. The predicted octanol–water partition coefficient (Wildman–Crippen LogP) is 11.7. The summed E-state index contributed by atoms with van der Waals surface area (Å²) < 4.78 is 0.982. The molecular formula is C39H55BrN2O3S2. The minimum Gasteiger partial charge on any atom is -0.306 e. The van der Waals surface area contributed by atoms with Crippen LogP contribution in [0.2, 0.25) is 0 Å². The van der Waals surface area contributed by atoms with Crippen molar-refractivity contribution in [3.05, 3.63) is 53.8 Å². The molecule has 4 heterocycles. The largest absolute Gasteiger partial charge is 0.306 e. The van der Waals surface area contributed by atoms with Crippen LogP contribution in [0.1, 0.15) is 150 Å². The first-order chi connectivity index (χ1) is 22.9. The number of carbonyl (C=O) groups excluding carboxylic acids is 3. The highest BCUT2D eigenvalue weighted by Crippen LogP contribution is 2.49. The van der Waals surface area contributed by atoms with Gasteiger partial charge in [-0.25, -0.2) is 0 Å². The van der Waals surface area contributed by atoms with Crippen LogP contribution < -0.4 is 0 Å². The number of aldehydes is 1. The number of fused-ring (bicyclic) bond motifs is 1. The Morgan fingerprint density at radius 3 is 1.47 bits per heavy atom. The molecule has 5 nitrogen and oxygen atoms in total. The van der Waals surface area contributed by atoms with Gasteiger partial charge in [0.25, 0.3) is 11.8 Å². The van der Waals surface area contributed by atoms with Gasteiger partial charge in [-0.3, -0.25) is 14.4 Å². The van der Waals surface area contributed by atoms with Gasteiger partial charge >= 0.3 is 0 Å². The van der Waals surface area contributed by atoms with Crippen LogP contribution in [0.3, 0.4) is 0 Å². The Bertz CT molecular complexity index is 1410.